The molecule has 7 nitrogen and oxygen atoms in total. The van der Waals surface area contributed by atoms with Gasteiger partial charge in [-0.25, -0.2) is 8.78 Å². The minimum absolute atomic E-state index is 0.240. The highest BCUT2D eigenvalue weighted by atomic mass is 19.1. The molecule has 31 heavy (non-hydrogen) atoms. The minimum Gasteiger partial charge on any atom is -0.497 e. The van der Waals surface area contributed by atoms with Gasteiger partial charge >= 0.3 is 11.8 Å². The standard InChI is InChI=1S/C22H26F2N4O3/c1-31-18-6-4-17(5-7-18)28-13-11-27(12-14-28)10-2-9-25-21(29)22(30)26-20-8-3-16(23)15-19(20)24/h3-8,15H,2,9-14H2,1H3,(H,25,29)(H,26,30). The third kappa shape index (κ3) is 6.39. The van der Waals surface area contributed by atoms with E-state index in [4.69, 9.17) is 4.74 Å². The average Bonchev–Trinajstić information content (AvgIpc) is 2.79. The Kier molecular flexibility index (Phi) is 7.77. The predicted octanol–water partition coefficient (Wildman–Crippen LogP) is 2.24. The number of nitrogens with zero attached hydrogens (tertiary/aromatic N) is 2. The van der Waals surface area contributed by atoms with Gasteiger partial charge in [0.05, 0.1) is 12.8 Å². The molecule has 2 aromatic carbocycles. The van der Waals surface area contributed by atoms with Crippen LogP contribution in [-0.4, -0.2) is 63.1 Å². The van der Waals surface area contributed by atoms with Crippen molar-refractivity contribution in [3.63, 3.8) is 0 Å². The summed E-state index contributed by atoms with van der Waals surface area (Å²) in [7, 11) is 1.65. The number of benzene rings is 2. The summed E-state index contributed by atoms with van der Waals surface area (Å²) in [5.41, 5.74) is 0.924. The minimum atomic E-state index is -0.987. The van der Waals surface area contributed by atoms with Gasteiger partial charge in [-0.2, -0.15) is 0 Å². The zero-order valence-corrected chi connectivity index (χ0v) is 17.4. The van der Waals surface area contributed by atoms with E-state index in [1.54, 1.807) is 7.11 Å². The molecule has 2 N–H and O–H groups in total. The Morgan fingerprint density at radius 2 is 1.71 bits per heavy atom. The SMILES string of the molecule is COc1ccc(N2CCN(CCCNC(=O)C(=O)Nc3ccc(F)cc3F)CC2)cc1. The van der Waals surface area contributed by atoms with E-state index in [-0.39, 0.29) is 5.69 Å². The smallest absolute Gasteiger partial charge is 0.313 e. The first-order valence-electron chi connectivity index (χ1n) is 10.1. The number of carbonyl (C=O) groups excluding carboxylic acids is 2. The fraction of sp³-hybridized carbons (Fsp3) is 0.364. The predicted molar refractivity (Wildman–Crippen MR) is 114 cm³/mol. The summed E-state index contributed by atoms with van der Waals surface area (Å²) in [4.78, 5) is 28.3. The first-order valence-corrected chi connectivity index (χ1v) is 10.1. The number of halogens is 2. The second-order valence-corrected chi connectivity index (χ2v) is 7.21. The lowest BCUT2D eigenvalue weighted by molar-refractivity contribution is -0.136. The van der Waals surface area contributed by atoms with E-state index < -0.39 is 23.4 Å². The summed E-state index contributed by atoms with van der Waals surface area (Å²) < 4.78 is 31.6. The van der Waals surface area contributed by atoms with Crippen LogP contribution in [0.25, 0.3) is 0 Å². The molecule has 0 aliphatic carbocycles. The molecule has 1 aliphatic rings. The van der Waals surface area contributed by atoms with Crippen molar-refractivity contribution in [2.75, 3.05) is 56.6 Å². The molecule has 0 aromatic heterocycles. The number of ether oxygens (including phenoxy) is 1. The van der Waals surface area contributed by atoms with Crippen molar-refractivity contribution in [1.29, 1.82) is 0 Å². The number of piperazine rings is 1. The molecule has 0 saturated carbocycles. The van der Waals surface area contributed by atoms with Crippen molar-refractivity contribution in [2.45, 2.75) is 6.42 Å². The Morgan fingerprint density at radius 3 is 2.35 bits per heavy atom. The van der Waals surface area contributed by atoms with Crippen LogP contribution in [0.3, 0.4) is 0 Å². The second kappa shape index (κ2) is 10.7. The Hall–Kier alpha value is -3.20. The van der Waals surface area contributed by atoms with Crippen molar-refractivity contribution < 1.29 is 23.1 Å². The zero-order chi connectivity index (χ0) is 22.2. The molecule has 1 heterocycles. The molecular weight excluding hydrogens is 406 g/mol. The van der Waals surface area contributed by atoms with Crippen molar-refractivity contribution in [3.8, 4) is 5.75 Å². The highest BCUT2D eigenvalue weighted by Crippen LogP contribution is 2.20. The summed E-state index contributed by atoms with van der Waals surface area (Å²) >= 11 is 0. The summed E-state index contributed by atoms with van der Waals surface area (Å²) in [5, 5.41) is 4.66. The maximum atomic E-state index is 13.6. The molecule has 166 valence electrons. The number of hydrogen-bond acceptors (Lipinski definition) is 5. The number of rotatable bonds is 7. The lowest BCUT2D eigenvalue weighted by atomic mass is 10.2. The molecule has 1 saturated heterocycles. The van der Waals surface area contributed by atoms with Gasteiger partial charge in [-0.3, -0.25) is 14.5 Å². The largest absolute Gasteiger partial charge is 0.497 e. The fourth-order valence-corrected chi connectivity index (χ4v) is 3.38. The summed E-state index contributed by atoms with van der Waals surface area (Å²) in [6, 6.07) is 10.7. The zero-order valence-electron chi connectivity index (χ0n) is 17.4. The lowest BCUT2D eigenvalue weighted by Crippen LogP contribution is -2.47. The highest BCUT2D eigenvalue weighted by Gasteiger charge is 2.18. The Labute approximate surface area is 180 Å². The van der Waals surface area contributed by atoms with Crippen LogP contribution >= 0.6 is 0 Å². The van der Waals surface area contributed by atoms with E-state index in [2.05, 4.69) is 20.4 Å². The molecule has 1 aliphatic heterocycles. The maximum Gasteiger partial charge on any atom is 0.313 e. The number of nitrogens with one attached hydrogen (secondary N) is 2. The molecule has 0 unspecified atom stereocenters. The van der Waals surface area contributed by atoms with Gasteiger partial charge in [-0.05, 0) is 49.4 Å². The third-order valence-corrected chi connectivity index (χ3v) is 5.13. The third-order valence-electron chi connectivity index (χ3n) is 5.13. The van der Waals surface area contributed by atoms with Crippen LogP contribution < -0.4 is 20.3 Å². The Morgan fingerprint density at radius 1 is 1.00 bits per heavy atom. The molecule has 0 radical (unpaired) electrons. The van der Waals surface area contributed by atoms with Gasteiger partial charge in [-0.15, -0.1) is 0 Å². The van der Waals surface area contributed by atoms with Crippen molar-refractivity contribution in [3.05, 3.63) is 54.1 Å². The quantitative estimate of drug-likeness (QED) is 0.519. The summed E-state index contributed by atoms with van der Waals surface area (Å²) in [6.45, 7) is 4.76. The van der Waals surface area contributed by atoms with E-state index in [9.17, 15) is 18.4 Å². The van der Waals surface area contributed by atoms with E-state index in [1.807, 2.05) is 24.3 Å². The van der Waals surface area contributed by atoms with Crippen LogP contribution in [0.4, 0.5) is 20.2 Å². The first-order chi connectivity index (χ1) is 15.0. The molecule has 2 aromatic rings. The Balaban J connectivity index is 1.33. The molecule has 3 rings (SSSR count). The number of carbonyl (C=O) groups is 2. The highest BCUT2D eigenvalue weighted by molar-refractivity contribution is 6.39. The average molecular weight is 432 g/mol. The van der Waals surface area contributed by atoms with Crippen LogP contribution in [0.15, 0.2) is 42.5 Å². The molecule has 0 spiro atoms. The monoisotopic (exact) mass is 432 g/mol. The molecule has 2 amide bonds. The van der Waals surface area contributed by atoms with Crippen LogP contribution in [0.5, 0.6) is 5.75 Å². The Bertz CT molecular complexity index is 900. The van der Waals surface area contributed by atoms with Gasteiger partial charge in [0.15, 0.2) is 0 Å². The van der Waals surface area contributed by atoms with Gasteiger partial charge in [0.2, 0.25) is 0 Å². The van der Waals surface area contributed by atoms with Crippen molar-refractivity contribution >= 4 is 23.2 Å². The molecular formula is C22H26F2N4O3. The number of amides is 2. The fourth-order valence-electron chi connectivity index (χ4n) is 3.38. The molecule has 9 heteroatoms. The van der Waals surface area contributed by atoms with Crippen LogP contribution in [-0.2, 0) is 9.59 Å². The van der Waals surface area contributed by atoms with E-state index >= 15 is 0 Å². The molecule has 0 atom stereocenters. The summed E-state index contributed by atoms with van der Waals surface area (Å²) in [6.07, 6.45) is 0.687. The van der Waals surface area contributed by atoms with E-state index in [0.29, 0.717) is 19.0 Å². The van der Waals surface area contributed by atoms with Crippen LogP contribution in [0.2, 0.25) is 0 Å². The first kappa shape index (κ1) is 22.5. The van der Waals surface area contributed by atoms with E-state index in [1.165, 1.54) is 0 Å². The van der Waals surface area contributed by atoms with Crippen LogP contribution in [0.1, 0.15) is 6.42 Å². The van der Waals surface area contributed by atoms with Gasteiger partial charge in [0.1, 0.15) is 17.4 Å². The van der Waals surface area contributed by atoms with Gasteiger partial charge in [0, 0.05) is 44.5 Å². The topological polar surface area (TPSA) is 73.9 Å². The van der Waals surface area contributed by atoms with Gasteiger partial charge in [-0.1, -0.05) is 0 Å². The number of anilines is 2. The molecule has 0 bridgehead atoms. The van der Waals surface area contributed by atoms with Crippen molar-refractivity contribution in [2.24, 2.45) is 0 Å². The van der Waals surface area contributed by atoms with Crippen LogP contribution in [0, 0.1) is 11.6 Å². The molecule has 1 fully saturated rings. The lowest BCUT2D eigenvalue weighted by Gasteiger charge is -2.36. The second-order valence-electron chi connectivity index (χ2n) is 7.21. The van der Waals surface area contributed by atoms with Gasteiger partial charge in [0.25, 0.3) is 0 Å². The maximum absolute atomic E-state index is 13.6. The normalized spacial score (nSPS) is 14.2. The van der Waals surface area contributed by atoms with E-state index in [0.717, 1.165) is 56.3 Å². The number of methoxy groups -OCH3 is 1. The summed E-state index contributed by atoms with van der Waals surface area (Å²) in [5.74, 6) is -2.70. The van der Waals surface area contributed by atoms with Gasteiger partial charge < -0.3 is 20.3 Å². The van der Waals surface area contributed by atoms with Crippen molar-refractivity contribution in [1.82, 2.24) is 10.2 Å². The number of hydrogen-bond donors (Lipinski definition) is 2.